The largest absolute Gasteiger partial charge is 0.374 e. The average molecular weight is 301 g/mol. The van der Waals surface area contributed by atoms with E-state index in [-0.39, 0.29) is 10.1 Å². The Morgan fingerprint density at radius 1 is 1.35 bits per heavy atom. The molecule has 0 aliphatic heterocycles. The Labute approximate surface area is 113 Å². The molecule has 8 nitrogen and oxygen atoms in total. The molecular weight excluding hydrogens is 296 g/mol. The third-order valence-corrected chi connectivity index (χ3v) is 2.87. The summed E-state index contributed by atoms with van der Waals surface area (Å²) in [7, 11) is 0. The lowest BCUT2D eigenvalue weighted by Gasteiger charge is -2.04. The van der Waals surface area contributed by atoms with E-state index in [9.17, 15) is 23.7 Å². The molecule has 1 aromatic carbocycles. The topological polar surface area (TPSA) is 124 Å². The molecule has 1 aromatic heterocycles. The van der Waals surface area contributed by atoms with Crippen LogP contribution in [0.3, 0.4) is 0 Å². The molecule has 0 aliphatic carbocycles. The molecule has 0 aliphatic rings. The van der Waals surface area contributed by atoms with Gasteiger partial charge in [-0.25, -0.2) is 4.39 Å². The Morgan fingerprint density at radius 3 is 2.60 bits per heavy atom. The van der Waals surface area contributed by atoms with Crippen molar-refractivity contribution in [3.63, 3.8) is 0 Å². The van der Waals surface area contributed by atoms with Gasteiger partial charge in [0.2, 0.25) is 16.0 Å². The molecule has 0 spiro atoms. The summed E-state index contributed by atoms with van der Waals surface area (Å²) in [6, 6.07) is 0.884. The summed E-state index contributed by atoms with van der Waals surface area (Å²) in [6.07, 6.45) is 0. The Bertz CT molecular complexity index is 705. The van der Waals surface area contributed by atoms with Gasteiger partial charge in [-0.3, -0.25) is 14.9 Å². The van der Waals surface area contributed by atoms with Gasteiger partial charge in [0, 0.05) is 12.1 Å². The Morgan fingerprint density at radius 2 is 2.05 bits per heavy atom. The summed E-state index contributed by atoms with van der Waals surface area (Å²) >= 11 is 0.748. The van der Waals surface area contributed by atoms with Crippen LogP contribution in [0.4, 0.5) is 25.3 Å². The first kappa shape index (κ1) is 13.7. The van der Waals surface area contributed by atoms with Gasteiger partial charge in [0.1, 0.15) is 5.82 Å². The van der Waals surface area contributed by atoms with Crippen molar-refractivity contribution in [2.24, 2.45) is 0 Å². The van der Waals surface area contributed by atoms with Crippen molar-refractivity contribution in [3.8, 4) is 0 Å². The number of nitrogen functional groups attached to an aromatic ring is 1. The van der Waals surface area contributed by atoms with E-state index in [2.05, 4.69) is 10.2 Å². The highest BCUT2D eigenvalue weighted by Crippen LogP contribution is 2.25. The van der Waals surface area contributed by atoms with Gasteiger partial charge in [0.15, 0.2) is 0 Å². The van der Waals surface area contributed by atoms with Gasteiger partial charge in [-0.1, -0.05) is 11.3 Å². The van der Waals surface area contributed by atoms with Crippen molar-refractivity contribution in [3.05, 3.63) is 38.9 Å². The van der Waals surface area contributed by atoms with Crippen LogP contribution in [-0.4, -0.2) is 21.0 Å². The van der Waals surface area contributed by atoms with E-state index < -0.39 is 33.8 Å². The highest BCUT2D eigenvalue weighted by molar-refractivity contribution is 7.16. The summed E-state index contributed by atoms with van der Waals surface area (Å²) in [5, 5.41) is 19.2. The van der Waals surface area contributed by atoms with E-state index in [4.69, 9.17) is 5.73 Å². The van der Waals surface area contributed by atoms with Crippen LogP contribution < -0.4 is 11.1 Å². The van der Waals surface area contributed by atoms with Crippen LogP contribution in [0.15, 0.2) is 12.1 Å². The summed E-state index contributed by atoms with van der Waals surface area (Å²) in [5.74, 6) is -3.36. The maximum atomic E-state index is 13.4. The number of nitrogens with one attached hydrogen (secondary N) is 1. The zero-order valence-electron chi connectivity index (χ0n) is 9.46. The maximum absolute atomic E-state index is 13.4. The Balaban J connectivity index is 2.31. The van der Waals surface area contributed by atoms with Crippen LogP contribution >= 0.6 is 11.3 Å². The fourth-order valence-corrected chi connectivity index (χ4v) is 1.78. The van der Waals surface area contributed by atoms with Crippen LogP contribution in [0, 0.1) is 21.7 Å². The van der Waals surface area contributed by atoms with Crippen LogP contribution in [0.25, 0.3) is 0 Å². The van der Waals surface area contributed by atoms with E-state index in [0.29, 0.717) is 12.1 Å². The number of amides is 1. The third kappa shape index (κ3) is 2.66. The molecule has 104 valence electrons. The third-order valence-electron chi connectivity index (χ3n) is 2.12. The number of hydrogen-bond donors (Lipinski definition) is 2. The first-order valence-corrected chi connectivity index (χ1v) is 5.74. The molecule has 0 fully saturated rings. The smallest absolute Gasteiger partial charge is 0.307 e. The number of nitrogens with two attached hydrogens (primary N) is 1. The summed E-state index contributed by atoms with van der Waals surface area (Å²) < 4.78 is 26.6. The minimum absolute atomic E-state index is 0.0284. The number of nitro benzene ring substituents is 1. The molecular formula is C9H5F2N5O3S. The van der Waals surface area contributed by atoms with Crippen LogP contribution in [0.1, 0.15) is 9.80 Å². The van der Waals surface area contributed by atoms with Crippen molar-refractivity contribution in [1.29, 1.82) is 0 Å². The molecule has 3 N–H and O–H groups in total. The van der Waals surface area contributed by atoms with Crippen LogP contribution in [-0.2, 0) is 0 Å². The van der Waals surface area contributed by atoms with E-state index >= 15 is 0 Å². The summed E-state index contributed by atoms with van der Waals surface area (Å²) in [5.41, 5.74) is 3.77. The van der Waals surface area contributed by atoms with Crippen molar-refractivity contribution >= 4 is 33.8 Å². The number of hydrogen-bond acceptors (Lipinski definition) is 7. The van der Waals surface area contributed by atoms with Crippen molar-refractivity contribution in [2.45, 2.75) is 0 Å². The summed E-state index contributed by atoms with van der Waals surface area (Å²) in [6.45, 7) is 0. The Hall–Kier alpha value is -2.69. The molecule has 0 atom stereocenters. The van der Waals surface area contributed by atoms with Gasteiger partial charge in [-0.15, -0.1) is 10.2 Å². The highest BCUT2D eigenvalue weighted by atomic mass is 32.1. The molecule has 11 heteroatoms. The van der Waals surface area contributed by atoms with Gasteiger partial charge >= 0.3 is 5.69 Å². The van der Waals surface area contributed by atoms with Gasteiger partial charge < -0.3 is 11.1 Å². The Kier molecular flexibility index (Phi) is 3.52. The number of carbonyl (C=O) groups excluding carboxylic acids is 1. The molecule has 0 saturated carbocycles. The zero-order valence-corrected chi connectivity index (χ0v) is 10.3. The number of aromatic nitrogens is 2. The molecule has 0 saturated heterocycles. The minimum Gasteiger partial charge on any atom is -0.374 e. The monoisotopic (exact) mass is 301 g/mol. The quantitative estimate of drug-likeness (QED) is 0.654. The number of benzene rings is 1. The molecule has 2 aromatic rings. The second-order valence-corrected chi connectivity index (χ2v) is 4.45. The molecule has 0 unspecified atom stereocenters. The highest BCUT2D eigenvalue weighted by Gasteiger charge is 2.21. The molecule has 20 heavy (non-hydrogen) atoms. The standard InChI is InChI=1S/C9H5F2N5O3S/c10-3-1-4(11)6(16(18)19)2-5(3)13-7(17)8-14-15-9(12)20-8/h1-2H,(H2,12,15)(H,13,17). The summed E-state index contributed by atoms with van der Waals surface area (Å²) in [4.78, 5) is 21.2. The molecule has 2 rings (SSSR count). The first-order valence-electron chi connectivity index (χ1n) is 4.92. The van der Waals surface area contributed by atoms with E-state index in [1.807, 2.05) is 5.32 Å². The van der Waals surface area contributed by atoms with Crippen LogP contribution in [0.2, 0.25) is 0 Å². The normalized spacial score (nSPS) is 10.3. The van der Waals surface area contributed by atoms with Crippen molar-refractivity contribution in [1.82, 2.24) is 10.2 Å². The lowest BCUT2D eigenvalue weighted by atomic mass is 10.2. The second kappa shape index (κ2) is 5.13. The number of halogens is 2. The maximum Gasteiger partial charge on any atom is 0.307 e. The first-order chi connectivity index (χ1) is 9.38. The predicted octanol–water partition coefficient (Wildman–Crippen LogP) is 1.56. The molecule has 0 radical (unpaired) electrons. The van der Waals surface area contributed by atoms with Gasteiger partial charge in [-0.2, -0.15) is 4.39 Å². The van der Waals surface area contributed by atoms with E-state index in [0.717, 1.165) is 11.3 Å². The fourth-order valence-electron chi connectivity index (χ4n) is 1.28. The van der Waals surface area contributed by atoms with Gasteiger partial charge in [0.25, 0.3) is 5.91 Å². The molecule has 0 bridgehead atoms. The number of anilines is 2. The fraction of sp³-hybridized carbons (Fsp3) is 0. The van der Waals surface area contributed by atoms with Crippen LogP contribution in [0.5, 0.6) is 0 Å². The SMILES string of the molecule is Nc1nnc(C(=O)Nc2cc([N+](=O)[O-])c(F)cc2F)s1. The molecule has 1 heterocycles. The van der Waals surface area contributed by atoms with E-state index in [1.54, 1.807) is 0 Å². The number of nitro groups is 1. The minimum atomic E-state index is -1.34. The van der Waals surface area contributed by atoms with Crippen molar-refractivity contribution in [2.75, 3.05) is 11.1 Å². The number of rotatable bonds is 3. The average Bonchev–Trinajstić information content (AvgIpc) is 2.79. The number of carbonyl (C=O) groups is 1. The lowest BCUT2D eigenvalue weighted by Crippen LogP contribution is -2.13. The number of nitrogens with zero attached hydrogens (tertiary/aromatic N) is 3. The van der Waals surface area contributed by atoms with Gasteiger partial charge in [0.05, 0.1) is 10.6 Å². The van der Waals surface area contributed by atoms with Crippen molar-refractivity contribution < 1.29 is 18.5 Å². The van der Waals surface area contributed by atoms with Gasteiger partial charge in [-0.05, 0) is 0 Å². The lowest BCUT2D eigenvalue weighted by molar-refractivity contribution is -0.387. The second-order valence-electron chi connectivity index (χ2n) is 3.44. The predicted molar refractivity (Wildman–Crippen MR) is 65.3 cm³/mol. The zero-order chi connectivity index (χ0) is 14.9. The van der Waals surface area contributed by atoms with E-state index in [1.165, 1.54) is 0 Å². The molecule has 1 amide bonds.